The molecule has 0 aliphatic rings. The van der Waals surface area contributed by atoms with Crippen molar-refractivity contribution in [3.05, 3.63) is 163 Å². The summed E-state index contributed by atoms with van der Waals surface area (Å²) in [4.78, 5) is 0. The highest BCUT2D eigenvalue weighted by molar-refractivity contribution is 6.11. The second-order valence-electron chi connectivity index (χ2n) is 12.0. The number of nitrogens with zero attached hydrogens (tertiary/aromatic N) is 2. The summed E-state index contributed by atoms with van der Waals surface area (Å²) in [6.45, 7) is 2.11. The highest BCUT2D eigenvalue weighted by Gasteiger charge is 2.17. The predicted octanol–water partition coefficient (Wildman–Crippen LogP) is 11.2. The molecule has 0 bridgehead atoms. The number of aromatic hydroxyl groups is 1. The second-order valence-corrected chi connectivity index (χ2v) is 12.0. The number of phenolic OH excluding ortho intramolecular Hbond substituents is 1. The first-order chi connectivity index (χ1) is 22.7. The van der Waals surface area contributed by atoms with Gasteiger partial charge in [-0.25, -0.2) is 0 Å². The van der Waals surface area contributed by atoms with E-state index in [4.69, 9.17) is 0 Å². The first-order valence-electron chi connectivity index (χ1n) is 15.7. The van der Waals surface area contributed by atoms with Gasteiger partial charge in [-0.3, -0.25) is 0 Å². The normalized spacial score (nSPS) is 11.7. The first kappa shape index (κ1) is 26.4. The van der Waals surface area contributed by atoms with Crippen molar-refractivity contribution in [1.82, 2.24) is 9.13 Å². The standard InChI is InChI=1S/C43H30N2O/c1-28-19-20-29(30-21-23-42-37(26-30)35-15-7-10-18-41(35)44(42)31-11-3-2-4-12-31)25-36(28)38-27-32(22-24-43(38)46)45-39-16-8-5-13-33(39)34-14-6-9-17-40(34)45/h2-27,46H,1H3. The largest absolute Gasteiger partial charge is 0.507 e. The first-order valence-corrected chi connectivity index (χ1v) is 15.7. The molecule has 218 valence electrons. The smallest absolute Gasteiger partial charge is 0.123 e. The molecule has 2 heterocycles. The van der Waals surface area contributed by atoms with E-state index in [1.54, 1.807) is 0 Å². The van der Waals surface area contributed by atoms with Crippen LogP contribution in [0.2, 0.25) is 0 Å². The van der Waals surface area contributed by atoms with Gasteiger partial charge < -0.3 is 14.2 Å². The molecular formula is C43H30N2O. The maximum absolute atomic E-state index is 11.3. The zero-order valence-electron chi connectivity index (χ0n) is 25.4. The van der Waals surface area contributed by atoms with E-state index in [-0.39, 0.29) is 5.75 Å². The summed E-state index contributed by atoms with van der Waals surface area (Å²) in [6.07, 6.45) is 0. The third kappa shape index (κ3) is 3.99. The molecule has 0 saturated heterocycles. The number of phenols is 1. The van der Waals surface area contributed by atoms with Gasteiger partial charge in [0.1, 0.15) is 5.75 Å². The summed E-state index contributed by atoms with van der Waals surface area (Å²) in [5, 5.41) is 16.1. The van der Waals surface area contributed by atoms with Crippen LogP contribution in [0.3, 0.4) is 0 Å². The van der Waals surface area contributed by atoms with E-state index in [9.17, 15) is 5.11 Å². The van der Waals surface area contributed by atoms with E-state index in [1.807, 2.05) is 12.1 Å². The van der Waals surface area contributed by atoms with E-state index in [0.29, 0.717) is 0 Å². The van der Waals surface area contributed by atoms with Gasteiger partial charge in [0.05, 0.1) is 22.1 Å². The molecular weight excluding hydrogens is 560 g/mol. The summed E-state index contributed by atoms with van der Waals surface area (Å²) in [7, 11) is 0. The van der Waals surface area contributed by atoms with Crippen LogP contribution in [0.15, 0.2) is 158 Å². The van der Waals surface area contributed by atoms with Crippen LogP contribution in [0.1, 0.15) is 5.56 Å². The molecule has 0 spiro atoms. The van der Waals surface area contributed by atoms with Crippen LogP contribution in [-0.2, 0) is 0 Å². The maximum atomic E-state index is 11.3. The summed E-state index contributed by atoms with van der Waals surface area (Å²) >= 11 is 0. The van der Waals surface area contributed by atoms with Crippen molar-refractivity contribution in [2.24, 2.45) is 0 Å². The minimum Gasteiger partial charge on any atom is -0.507 e. The zero-order valence-corrected chi connectivity index (χ0v) is 25.4. The van der Waals surface area contributed by atoms with Crippen LogP contribution in [-0.4, -0.2) is 14.2 Å². The Morgan fingerprint density at radius 1 is 0.391 bits per heavy atom. The van der Waals surface area contributed by atoms with Crippen LogP contribution in [0, 0.1) is 6.92 Å². The predicted molar refractivity (Wildman–Crippen MR) is 192 cm³/mol. The summed E-state index contributed by atoms with van der Waals surface area (Å²) in [5.74, 6) is 0.270. The number of hydrogen-bond acceptors (Lipinski definition) is 1. The fraction of sp³-hybridized carbons (Fsp3) is 0.0233. The van der Waals surface area contributed by atoms with E-state index in [0.717, 1.165) is 50.2 Å². The molecule has 9 rings (SSSR count). The van der Waals surface area contributed by atoms with Crippen molar-refractivity contribution in [2.75, 3.05) is 0 Å². The van der Waals surface area contributed by atoms with Crippen molar-refractivity contribution in [2.45, 2.75) is 6.92 Å². The van der Waals surface area contributed by atoms with Crippen molar-refractivity contribution in [3.8, 4) is 39.4 Å². The van der Waals surface area contributed by atoms with Crippen molar-refractivity contribution >= 4 is 43.6 Å². The van der Waals surface area contributed by atoms with Crippen LogP contribution >= 0.6 is 0 Å². The summed E-state index contributed by atoms with van der Waals surface area (Å²) in [5.41, 5.74) is 12.0. The molecule has 3 nitrogen and oxygen atoms in total. The van der Waals surface area contributed by atoms with E-state index >= 15 is 0 Å². The molecule has 0 atom stereocenters. The van der Waals surface area contributed by atoms with E-state index in [2.05, 4.69) is 162 Å². The monoisotopic (exact) mass is 590 g/mol. The van der Waals surface area contributed by atoms with Crippen LogP contribution in [0.5, 0.6) is 5.75 Å². The molecule has 0 unspecified atom stereocenters. The van der Waals surface area contributed by atoms with Gasteiger partial charge in [0, 0.05) is 38.5 Å². The van der Waals surface area contributed by atoms with Gasteiger partial charge >= 0.3 is 0 Å². The number of fused-ring (bicyclic) bond motifs is 6. The van der Waals surface area contributed by atoms with Gasteiger partial charge in [0.2, 0.25) is 0 Å². The fourth-order valence-corrected chi connectivity index (χ4v) is 7.18. The average molecular weight is 591 g/mol. The Kier molecular flexibility index (Phi) is 5.87. The van der Waals surface area contributed by atoms with Gasteiger partial charge in [0.25, 0.3) is 0 Å². The van der Waals surface area contributed by atoms with Crippen LogP contribution in [0.25, 0.3) is 77.2 Å². The highest BCUT2D eigenvalue weighted by Crippen LogP contribution is 2.40. The average Bonchev–Trinajstić information content (AvgIpc) is 3.62. The lowest BCUT2D eigenvalue weighted by Gasteiger charge is -2.15. The van der Waals surface area contributed by atoms with E-state index in [1.165, 1.54) is 32.6 Å². The molecule has 0 aliphatic carbocycles. The zero-order chi connectivity index (χ0) is 30.8. The molecule has 0 fully saturated rings. The molecule has 1 N–H and O–H groups in total. The quantitative estimate of drug-likeness (QED) is 0.217. The molecule has 0 amide bonds. The van der Waals surface area contributed by atoms with Gasteiger partial charge in [-0.05, 0) is 95.9 Å². The van der Waals surface area contributed by atoms with Gasteiger partial charge in [0.15, 0.2) is 0 Å². The van der Waals surface area contributed by atoms with Gasteiger partial charge in [-0.1, -0.05) is 91.0 Å². The number of benzene rings is 7. The molecule has 0 aliphatic heterocycles. The van der Waals surface area contributed by atoms with Gasteiger partial charge in [-0.2, -0.15) is 0 Å². The molecule has 0 saturated carbocycles. The Balaban J connectivity index is 1.20. The number of rotatable bonds is 4. The summed E-state index contributed by atoms with van der Waals surface area (Å²) in [6, 6.07) is 55.5. The lowest BCUT2D eigenvalue weighted by molar-refractivity contribution is 0.477. The lowest BCUT2D eigenvalue weighted by Crippen LogP contribution is -1.95. The topological polar surface area (TPSA) is 30.1 Å². The fourth-order valence-electron chi connectivity index (χ4n) is 7.18. The Morgan fingerprint density at radius 2 is 0.913 bits per heavy atom. The maximum Gasteiger partial charge on any atom is 0.123 e. The Hall–Kier alpha value is -6.06. The molecule has 7 aromatic carbocycles. The van der Waals surface area contributed by atoms with Gasteiger partial charge in [-0.15, -0.1) is 0 Å². The molecule has 2 aromatic heterocycles. The van der Waals surface area contributed by atoms with E-state index < -0.39 is 0 Å². The number of hydrogen-bond donors (Lipinski definition) is 1. The molecule has 9 aromatic rings. The van der Waals surface area contributed by atoms with Crippen LogP contribution < -0.4 is 0 Å². The van der Waals surface area contributed by atoms with Crippen molar-refractivity contribution in [1.29, 1.82) is 0 Å². The Morgan fingerprint density at radius 3 is 1.59 bits per heavy atom. The highest BCUT2D eigenvalue weighted by atomic mass is 16.3. The SMILES string of the molecule is Cc1ccc(-c2ccc3c(c2)c2ccccc2n3-c2ccccc2)cc1-c1cc(-n2c3ccccc3c3ccccc32)ccc1O. The third-order valence-corrected chi connectivity index (χ3v) is 9.37. The lowest BCUT2D eigenvalue weighted by atomic mass is 9.94. The van der Waals surface area contributed by atoms with Crippen molar-refractivity contribution in [3.63, 3.8) is 0 Å². The molecule has 3 heteroatoms. The number of aryl methyl sites for hydroxylation is 1. The molecule has 0 radical (unpaired) electrons. The third-order valence-electron chi connectivity index (χ3n) is 9.37. The minimum absolute atomic E-state index is 0.270. The summed E-state index contributed by atoms with van der Waals surface area (Å²) < 4.78 is 4.64. The number of aromatic nitrogens is 2. The number of para-hydroxylation sites is 4. The Labute approximate surface area is 266 Å². The minimum atomic E-state index is 0.270. The molecule has 46 heavy (non-hydrogen) atoms. The van der Waals surface area contributed by atoms with Crippen molar-refractivity contribution < 1.29 is 5.11 Å². The second kappa shape index (κ2) is 10.3. The van der Waals surface area contributed by atoms with Crippen LogP contribution in [0.4, 0.5) is 0 Å². The Bertz CT molecular complexity index is 2550.